The molecule has 1 unspecified atom stereocenters. The summed E-state index contributed by atoms with van der Waals surface area (Å²) < 4.78 is 0. The molecule has 0 radical (unpaired) electrons. The first-order chi connectivity index (χ1) is 6.56. The molecule has 0 aliphatic heterocycles. The minimum Gasteiger partial charge on any atom is -0.480 e. The fourth-order valence-electron chi connectivity index (χ4n) is 1.50. The third kappa shape index (κ3) is 2.72. The van der Waals surface area contributed by atoms with E-state index < -0.39 is 12.0 Å². The number of carbonyl (C=O) groups excluding carboxylic acids is 1. The van der Waals surface area contributed by atoms with Crippen LogP contribution in [-0.2, 0) is 9.59 Å². The summed E-state index contributed by atoms with van der Waals surface area (Å²) in [4.78, 5) is 23.7. The highest BCUT2D eigenvalue weighted by Gasteiger charge is 2.30. The molecule has 0 aromatic rings. The Morgan fingerprint density at radius 3 is 2.43 bits per heavy atom. The van der Waals surface area contributed by atoms with Crippen LogP contribution in [0.2, 0.25) is 0 Å². The van der Waals surface area contributed by atoms with Gasteiger partial charge in [-0.1, -0.05) is 6.92 Å². The van der Waals surface area contributed by atoms with Crippen LogP contribution in [0.4, 0.5) is 0 Å². The second kappa shape index (κ2) is 4.44. The Hall–Kier alpha value is -1.06. The molecule has 0 spiro atoms. The van der Waals surface area contributed by atoms with Crippen LogP contribution >= 0.6 is 0 Å². The van der Waals surface area contributed by atoms with E-state index in [1.54, 1.807) is 14.0 Å². The first kappa shape index (κ1) is 11.0. The van der Waals surface area contributed by atoms with Gasteiger partial charge in [0, 0.05) is 13.5 Å². The van der Waals surface area contributed by atoms with Crippen LogP contribution in [0.5, 0.6) is 0 Å². The smallest absolute Gasteiger partial charge is 0.326 e. The second-order valence-electron chi connectivity index (χ2n) is 3.91. The Morgan fingerprint density at radius 1 is 1.50 bits per heavy atom. The predicted molar refractivity (Wildman–Crippen MR) is 51.8 cm³/mol. The number of nitrogens with zero attached hydrogens (tertiary/aromatic N) is 1. The van der Waals surface area contributed by atoms with E-state index in [9.17, 15) is 9.59 Å². The molecule has 4 nitrogen and oxygen atoms in total. The molecule has 0 bridgehead atoms. The molecule has 1 atom stereocenters. The largest absolute Gasteiger partial charge is 0.480 e. The number of hydrogen-bond acceptors (Lipinski definition) is 2. The summed E-state index contributed by atoms with van der Waals surface area (Å²) in [5, 5.41) is 8.85. The van der Waals surface area contributed by atoms with Crippen LogP contribution in [0, 0.1) is 5.92 Å². The Bertz CT molecular complexity index is 236. The molecule has 0 heterocycles. The fourth-order valence-corrected chi connectivity index (χ4v) is 1.50. The highest BCUT2D eigenvalue weighted by atomic mass is 16.4. The lowest BCUT2D eigenvalue weighted by molar-refractivity contribution is -0.149. The van der Waals surface area contributed by atoms with Crippen molar-refractivity contribution >= 4 is 11.9 Å². The van der Waals surface area contributed by atoms with Gasteiger partial charge in [0.05, 0.1) is 0 Å². The lowest BCUT2D eigenvalue weighted by atomic mass is 10.1. The minimum absolute atomic E-state index is 0.0400. The highest BCUT2D eigenvalue weighted by molar-refractivity contribution is 5.83. The standard InChI is InChI=1S/C10H17NO3/c1-3-8(10(13)14)11(2)9(12)6-7-4-5-7/h7-8H,3-6H2,1-2H3,(H,13,14). The summed E-state index contributed by atoms with van der Waals surface area (Å²) in [6, 6.07) is -0.666. The SMILES string of the molecule is CCC(C(=O)O)N(C)C(=O)CC1CC1. The van der Waals surface area contributed by atoms with Gasteiger partial charge in [-0.2, -0.15) is 0 Å². The van der Waals surface area contributed by atoms with E-state index in [1.807, 2.05) is 0 Å². The van der Waals surface area contributed by atoms with E-state index in [0.717, 1.165) is 12.8 Å². The van der Waals surface area contributed by atoms with Gasteiger partial charge in [0.1, 0.15) is 6.04 Å². The molecule has 1 rings (SSSR count). The average Bonchev–Trinajstić information content (AvgIpc) is 2.88. The molecule has 1 aliphatic rings. The molecule has 1 amide bonds. The first-order valence-electron chi connectivity index (χ1n) is 5.04. The van der Waals surface area contributed by atoms with Gasteiger partial charge in [0.2, 0.25) is 5.91 Å². The van der Waals surface area contributed by atoms with E-state index in [2.05, 4.69) is 0 Å². The van der Waals surface area contributed by atoms with Crippen molar-refractivity contribution in [1.29, 1.82) is 0 Å². The van der Waals surface area contributed by atoms with Crippen molar-refractivity contribution in [2.24, 2.45) is 5.92 Å². The normalized spacial score (nSPS) is 17.6. The molecule has 1 saturated carbocycles. The van der Waals surface area contributed by atoms with E-state index >= 15 is 0 Å². The van der Waals surface area contributed by atoms with Gasteiger partial charge in [0.15, 0.2) is 0 Å². The Kier molecular flexibility index (Phi) is 3.49. The number of carboxylic acid groups (broad SMARTS) is 1. The maximum atomic E-state index is 11.6. The summed E-state index contributed by atoms with van der Waals surface area (Å²) >= 11 is 0. The van der Waals surface area contributed by atoms with Crippen molar-refractivity contribution in [1.82, 2.24) is 4.90 Å². The van der Waals surface area contributed by atoms with Crippen LogP contribution in [-0.4, -0.2) is 35.0 Å². The fraction of sp³-hybridized carbons (Fsp3) is 0.800. The topological polar surface area (TPSA) is 57.6 Å². The zero-order valence-electron chi connectivity index (χ0n) is 8.69. The lowest BCUT2D eigenvalue weighted by Crippen LogP contribution is -2.42. The average molecular weight is 199 g/mol. The molecule has 4 heteroatoms. The predicted octanol–water partition coefficient (Wildman–Crippen LogP) is 1.11. The Morgan fingerprint density at radius 2 is 2.07 bits per heavy atom. The van der Waals surface area contributed by atoms with Crippen molar-refractivity contribution in [2.75, 3.05) is 7.05 Å². The second-order valence-corrected chi connectivity index (χ2v) is 3.91. The molecule has 14 heavy (non-hydrogen) atoms. The van der Waals surface area contributed by atoms with Crippen LogP contribution in [0.3, 0.4) is 0 Å². The molecule has 80 valence electrons. The summed E-state index contributed by atoms with van der Waals surface area (Å²) in [6.07, 6.45) is 3.20. The van der Waals surface area contributed by atoms with Gasteiger partial charge < -0.3 is 10.0 Å². The van der Waals surface area contributed by atoms with Crippen molar-refractivity contribution in [3.63, 3.8) is 0 Å². The van der Waals surface area contributed by atoms with Crippen LogP contribution in [0.15, 0.2) is 0 Å². The highest BCUT2D eigenvalue weighted by Crippen LogP contribution is 2.32. The van der Waals surface area contributed by atoms with E-state index in [1.165, 1.54) is 4.90 Å². The molecule has 0 aromatic carbocycles. The third-order valence-electron chi connectivity index (χ3n) is 2.69. The van der Waals surface area contributed by atoms with Crippen molar-refractivity contribution < 1.29 is 14.7 Å². The molecular weight excluding hydrogens is 182 g/mol. The maximum Gasteiger partial charge on any atom is 0.326 e. The minimum atomic E-state index is -0.917. The quantitative estimate of drug-likeness (QED) is 0.721. The van der Waals surface area contributed by atoms with Gasteiger partial charge in [0.25, 0.3) is 0 Å². The zero-order chi connectivity index (χ0) is 10.7. The Labute approximate surface area is 83.9 Å². The van der Waals surface area contributed by atoms with Crippen LogP contribution in [0.1, 0.15) is 32.6 Å². The van der Waals surface area contributed by atoms with Gasteiger partial charge in [-0.05, 0) is 25.2 Å². The van der Waals surface area contributed by atoms with Gasteiger partial charge in [-0.3, -0.25) is 4.79 Å². The monoisotopic (exact) mass is 199 g/mol. The molecule has 0 saturated heterocycles. The van der Waals surface area contributed by atoms with Gasteiger partial charge >= 0.3 is 5.97 Å². The van der Waals surface area contributed by atoms with Crippen molar-refractivity contribution in [2.45, 2.75) is 38.6 Å². The number of rotatable bonds is 5. The van der Waals surface area contributed by atoms with Gasteiger partial charge in [-0.15, -0.1) is 0 Å². The van der Waals surface area contributed by atoms with Crippen molar-refractivity contribution in [3.05, 3.63) is 0 Å². The summed E-state index contributed by atoms with van der Waals surface area (Å²) in [5.41, 5.74) is 0. The molecular formula is C10H17NO3. The van der Waals surface area contributed by atoms with E-state index in [-0.39, 0.29) is 5.91 Å². The maximum absolute atomic E-state index is 11.6. The number of aliphatic carboxylic acids is 1. The molecule has 0 aromatic heterocycles. The molecule has 1 aliphatic carbocycles. The third-order valence-corrected chi connectivity index (χ3v) is 2.69. The number of hydrogen-bond donors (Lipinski definition) is 1. The lowest BCUT2D eigenvalue weighted by Gasteiger charge is -2.23. The number of likely N-dealkylation sites (N-methyl/N-ethyl adjacent to an activating group) is 1. The first-order valence-corrected chi connectivity index (χ1v) is 5.04. The number of carbonyl (C=O) groups is 2. The summed E-state index contributed by atoms with van der Waals surface area (Å²) in [7, 11) is 1.58. The van der Waals surface area contributed by atoms with Crippen LogP contribution in [0.25, 0.3) is 0 Å². The zero-order valence-corrected chi connectivity index (χ0v) is 8.69. The molecule has 1 fully saturated rings. The van der Waals surface area contributed by atoms with E-state index in [4.69, 9.17) is 5.11 Å². The van der Waals surface area contributed by atoms with Gasteiger partial charge in [-0.25, -0.2) is 4.79 Å². The summed E-state index contributed by atoms with van der Waals surface area (Å²) in [5.74, 6) is -0.447. The van der Waals surface area contributed by atoms with Crippen molar-refractivity contribution in [3.8, 4) is 0 Å². The summed E-state index contributed by atoms with van der Waals surface area (Å²) in [6.45, 7) is 1.78. The van der Waals surface area contributed by atoms with Crippen LogP contribution < -0.4 is 0 Å². The molecule has 1 N–H and O–H groups in total. The Balaban J connectivity index is 2.46. The van der Waals surface area contributed by atoms with E-state index in [0.29, 0.717) is 18.8 Å². The number of amides is 1. The number of carboxylic acids is 1.